The molecule has 6 heteroatoms. The molecule has 0 aliphatic heterocycles. The fourth-order valence-electron chi connectivity index (χ4n) is 1.50. The maximum absolute atomic E-state index is 13.3. The number of carboxylic acid groups (broad SMARTS) is 1. The predicted octanol–water partition coefficient (Wildman–Crippen LogP) is 2.48. The van der Waals surface area contributed by atoms with Crippen molar-refractivity contribution in [3.63, 3.8) is 0 Å². The molecule has 0 aliphatic rings. The van der Waals surface area contributed by atoms with Gasteiger partial charge in [0.25, 0.3) is 0 Å². The summed E-state index contributed by atoms with van der Waals surface area (Å²) in [5.74, 6) is -7.30. The van der Waals surface area contributed by atoms with Crippen LogP contribution in [0.4, 0.5) is 13.2 Å². The van der Waals surface area contributed by atoms with E-state index in [0.717, 1.165) is 12.3 Å². The Hall–Kier alpha value is -1.98. The molecule has 16 heavy (non-hydrogen) atoms. The highest BCUT2D eigenvalue weighted by molar-refractivity contribution is 5.90. The molecule has 0 amide bonds. The number of alkyl halides is 2. The zero-order valence-corrected chi connectivity index (χ0v) is 7.80. The molecule has 1 aromatic heterocycles. The van der Waals surface area contributed by atoms with Crippen molar-refractivity contribution >= 4 is 16.9 Å². The van der Waals surface area contributed by atoms with Crippen molar-refractivity contribution in [3.8, 4) is 0 Å². The number of benzene rings is 1. The molecule has 0 spiro atoms. The summed E-state index contributed by atoms with van der Waals surface area (Å²) in [6, 6.07) is 3.73. The third-order valence-corrected chi connectivity index (χ3v) is 2.26. The van der Waals surface area contributed by atoms with Gasteiger partial charge in [-0.1, -0.05) is 6.07 Å². The lowest BCUT2D eigenvalue weighted by Crippen LogP contribution is -2.25. The van der Waals surface area contributed by atoms with Crippen LogP contribution in [0.3, 0.4) is 0 Å². The number of rotatable bonds is 2. The fourth-order valence-corrected chi connectivity index (χ4v) is 1.50. The van der Waals surface area contributed by atoms with Gasteiger partial charge in [0.15, 0.2) is 0 Å². The van der Waals surface area contributed by atoms with E-state index in [2.05, 4.69) is 4.98 Å². The summed E-state index contributed by atoms with van der Waals surface area (Å²) in [6.07, 6.45) is 0.807. The Morgan fingerprint density at radius 1 is 1.38 bits per heavy atom. The van der Waals surface area contributed by atoms with Crippen molar-refractivity contribution in [3.05, 3.63) is 35.8 Å². The molecule has 0 atom stereocenters. The first kappa shape index (κ1) is 10.5. The highest BCUT2D eigenvalue weighted by Gasteiger charge is 2.43. The normalized spacial score (nSPS) is 11.9. The maximum Gasteiger partial charge on any atom is 0.379 e. The van der Waals surface area contributed by atoms with Gasteiger partial charge in [-0.15, -0.1) is 0 Å². The maximum atomic E-state index is 13.3. The van der Waals surface area contributed by atoms with Gasteiger partial charge in [-0.3, -0.25) is 0 Å². The van der Waals surface area contributed by atoms with Crippen LogP contribution in [-0.2, 0) is 10.7 Å². The van der Waals surface area contributed by atoms with E-state index in [1.54, 1.807) is 0 Å². The number of aromatic nitrogens is 1. The Kier molecular flexibility index (Phi) is 2.15. The minimum atomic E-state index is -4.11. The number of hydrogen-bond donors (Lipinski definition) is 2. The second-order valence-electron chi connectivity index (χ2n) is 3.24. The van der Waals surface area contributed by atoms with Crippen molar-refractivity contribution in [1.29, 1.82) is 0 Å². The summed E-state index contributed by atoms with van der Waals surface area (Å²) in [4.78, 5) is 12.8. The molecule has 2 rings (SSSR count). The van der Waals surface area contributed by atoms with E-state index < -0.39 is 28.7 Å². The molecular formula is C10H6F3NO2. The molecule has 0 radical (unpaired) electrons. The molecule has 3 nitrogen and oxygen atoms in total. The predicted molar refractivity (Wildman–Crippen MR) is 49.8 cm³/mol. The molecule has 0 saturated carbocycles. The summed E-state index contributed by atoms with van der Waals surface area (Å²) >= 11 is 0. The molecule has 0 fully saturated rings. The van der Waals surface area contributed by atoms with Gasteiger partial charge in [0, 0.05) is 17.1 Å². The van der Waals surface area contributed by atoms with Gasteiger partial charge in [0.05, 0.1) is 5.56 Å². The molecular weight excluding hydrogens is 223 g/mol. The van der Waals surface area contributed by atoms with E-state index >= 15 is 0 Å². The average Bonchev–Trinajstić information content (AvgIpc) is 2.63. The van der Waals surface area contributed by atoms with Gasteiger partial charge in [-0.2, -0.15) is 8.78 Å². The number of aromatic amines is 1. The minimum Gasteiger partial charge on any atom is -0.477 e. The Labute approximate surface area is 87.5 Å². The van der Waals surface area contributed by atoms with Gasteiger partial charge < -0.3 is 10.1 Å². The van der Waals surface area contributed by atoms with E-state index in [1.165, 1.54) is 12.1 Å². The topological polar surface area (TPSA) is 53.1 Å². The summed E-state index contributed by atoms with van der Waals surface area (Å²) in [7, 11) is 0. The molecule has 0 aliphatic carbocycles. The van der Waals surface area contributed by atoms with Gasteiger partial charge >= 0.3 is 11.9 Å². The fraction of sp³-hybridized carbons (Fsp3) is 0.100. The van der Waals surface area contributed by atoms with Crippen molar-refractivity contribution in [2.24, 2.45) is 0 Å². The number of carboxylic acids is 1. The molecule has 2 N–H and O–H groups in total. The number of aliphatic carboxylic acids is 1. The summed E-state index contributed by atoms with van der Waals surface area (Å²) in [6.45, 7) is 0. The zero-order valence-electron chi connectivity index (χ0n) is 7.80. The third kappa shape index (κ3) is 1.34. The first-order valence-corrected chi connectivity index (χ1v) is 4.32. The number of halogens is 3. The highest BCUT2D eigenvalue weighted by atomic mass is 19.3. The van der Waals surface area contributed by atoms with Gasteiger partial charge in [0.1, 0.15) is 5.82 Å². The smallest absolute Gasteiger partial charge is 0.379 e. The first-order valence-electron chi connectivity index (χ1n) is 4.32. The SMILES string of the molecule is O=C(O)C(F)(F)c1c[nH]c2cccc(F)c12. The molecule has 0 unspecified atom stereocenters. The van der Waals surface area contributed by atoms with Crippen molar-refractivity contribution < 1.29 is 23.1 Å². The highest BCUT2D eigenvalue weighted by Crippen LogP contribution is 2.35. The number of fused-ring (bicyclic) bond motifs is 1. The van der Waals surface area contributed by atoms with Crippen LogP contribution in [0.5, 0.6) is 0 Å². The van der Waals surface area contributed by atoms with E-state index in [1.807, 2.05) is 0 Å². The van der Waals surface area contributed by atoms with Crippen LogP contribution < -0.4 is 0 Å². The average molecular weight is 229 g/mol. The monoisotopic (exact) mass is 229 g/mol. The number of carbonyl (C=O) groups is 1. The number of nitrogens with one attached hydrogen (secondary N) is 1. The van der Waals surface area contributed by atoms with E-state index in [0.29, 0.717) is 0 Å². The van der Waals surface area contributed by atoms with Crippen LogP contribution in [0.25, 0.3) is 10.9 Å². The lowest BCUT2D eigenvalue weighted by atomic mass is 10.1. The number of H-pyrrole nitrogens is 1. The molecule has 1 heterocycles. The standard InChI is InChI=1S/C10H6F3NO2/c11-6-2-1-3-7-8(6)5(4-14-7)10(12,13)9(15)16/h1-4,14H,(H,15,16). The Morgan fingerprint density at radius 3 is 2.69 bits per heavy atom. The summed E-state index contributed by atoms with van der Waals surface area (Å²) < 4.78 is 39.8. The molecule has 0 saturated heterocycles. The quantitative estimate of drug-likeness (QED) is 0.831. The van der Waals surface area contributed by atoms with E-state index in [9.17, 15) is 18.0 Å². The summed E-state index contributed by atoms with van der Waals surface area (Å²) in [5.41, 5.74) is -0.732. The van der Waals surface area contributed by atoms with Crippen LogP contribution in [0.15, 0.2) is 24.4 Å². The van der Waals surface area contributed by atoms with Crippen molar-refractivity contribution in [2.45, 2.75) is 5.92 Å². The second-order valence-corrected chi connectivity index (χ2v) is 3.24. The number of hydrogen-bond acceptors (Lipinski definition) is 1. The van der Waals surface area contributed by atoms with Gasteiger partial charge in [-0.05, 0) is 12.1 Å². The Morgan fingerprint density at radius 2 is 2.06 bits per heavy atom. The molecule has 2 aromatic rings. The van der Waals surface area contributed by atoms with Crippen LogP contribution in [0, 0.1) is 5.82 Å². The van der Waals surface area contributed by atoms with Gasteiger partial charge in [-0.25, -0.2) is 9.18 Å². The van der Waals surface area contributed by atoms with Crippen LogP contribution in [-0.4, -0.2) is 16.1 Å². The largest absolute Gasteiger partial charge is 0.477 e. The lowest BCUT2D eigenvalue weighted by Gasteiger charge is -2.09. The Balaban J connectivity index is 2.76. The molecule has 0 bridgehead atoms. The zero-order chi connectivity index (χ0) is 11.9. The summed E-state index contributed by atoms with van der Waals surface area (Å²) in [5, 5.41) is 7.98. The lowest BCUT2D eigenvalue weighted by molar-refractivity contribution is -0.166. The van der Waals surface area contributed by atoms with E-state index in [-0.39, 0.29) is 5.52 Å². The molecule has 84 valence electrons. The van der Waals surface area contributed by atoms with Crippen LogP contribution in [0.2, 0.25) is 0 Å². The van der Waals surface area contributed by atoms with Crippen molar-refractivity contribution in [2.75, 3.05) is 0 Å². The van der Waals surface area contributed by atoms with Crippen LogP contribution in [0.1, 0.15) is 5.56 Å². The molecule has 1 aromatic carbocycles. The van der Waals surface area contributed by atoms with Crippen LogP contribution >= 0.6 is 0 Å². The van der Waals surface area contributed by atoms with Gasteiger partial charge in [0.2, 0.25) is 0 Å². The minimum absolute atomic E-state index is 0.135. The van der Waals surface area contributed by atoms with Crippen molar-refractivity contribution in [1.82, 2.24) is 4.98 Å². The third-order valence-electron chi connectivity index (χ3n) is 2.26. The first-order chi connectivity index (χ1) is 7.44. The second kappa shape index (κ2) is 3.26. The van der Waals surface area contributed by atoms with E-state index in [4.69, 9.17) is 5.11 Å². The Bertz CT molecular complexity index is 562.